The van der Waals surface area contributed by atoms with E-state index >= 15 is 4.39 Å². The number of aromatic nitrogens is 4. The summed E-state index contributed by atoms with van der Waals surface area (Å²) in [4.78, 5) is 11.3. The molecule has 2 atom stereocenters. The lowest BCUT2D eigenvalue weighted by molar-refractivity contribution is 0.0649. The largest absolute Gasteiger partial charge is 0.484 e. The van der Waals surface area contributed by atoms with E-state index in [0.29, 0.717) is 48.0 Å². The minimum absolute atomic E-state index is 0.245. The molecule has 7 nitrogen and oxygen atoms in total. The zero-order valence-corrected chi connectivity index (χ0v) is 21.0. The highest BCUT2D eigenvalue weighted by atomic mass is 19.1. The van der Waals surface area contributed by atoms with Gasteiger partial charge in [-0.2, -0.15) is 5.10 Å². The lowest BCUT2D eigenvalue weighted by Crippen LogP contribution is -2.45. The second-order valence-electron chi connectivity index (χ2n) is 11.3. The molecule has 2 N–H and O–H groups in total. The van der Waals surface area contributed by atoms with E-state index in [1.165, 1.54) is 6.07 Å². The van der Waals surface area contributed by atoms with Gasteiger partial charge in [-0.1, -0.05) is 6.92 Å². The molecule has 3 fully saturated rings. The second-order valence-corrected chi connectivity index (χ2v) is 11.3. The predicted octanol–water partition coefficient (Wildman–Crippen LogP) is 5.03. The number of ether oxygens (including phenoxy) is 1. The Kier molecular flexibility index (Phi) is 5.85. The number of hydrogen-bond donors (Lipinski definition) is 2. The van der Waals surface area contributed by atoms with Crippen LogP contribution in [-0.4, -0.2) is 57.6 Å². The van der Waals surface area contributed by atoms with Crippen LogP contribution in [0.5, 0.6) is 5.75 Å². The first-order valence-electron chi connectivity index (χ1n) is 13.1. The molecule has 36 heavy (non-hydrogen) atoms. The number of fused-ring (bicyclic) bond motifs is 1. The SMILES string of the molecule is C[C@H]1CN(c2cc(-c3[nH]nc4cc(F)c(OC5(C)CC5)cc34)ncn2)CCC1CC1(F)CCNCC1. The Morgan fingerprint density at radius 2 is 1.94 bits per heavy atom. The van der Waals surface area contributed by atoms with Crippen LogP contribution in [0.2, 0.25) is 0 Å². The van der Waals surface area contributed by atoms with Gasteiger partial charge in [0.2, 0.25) is 0 Å². The average molecular weight is 497 g/mol. The molecule has 0 bridgehead atoms. The summed E-state index contributed by atoms with van der Waals surface area (Å²) < 4.78 is 35.8. The topological polar surface area (TPSA) is 79.0 Å². The number of halogens is 2. The van der Waals surface area contributed by atoms with E-state index in [4.69, 9.17) is 4.74 Å². The molecular formula is C27H34F2N6O. The number of nitrogens with zero attached hydrogens (tertiary/aromatic N) is 4. The number of benzene rings is 1. The van der Waals surface area contributed by atoms with E-state index in [-0.39, 0.29) is 11.4 Å². The molecule has 1 unspecified atom stereocenters. The first kappa shape index (κ1) is 23.6. The number of piperidine rings is 2. The van der Waals surface area contributed by atoms with Crippen LogP contribution in [0.1, 0.15) is 52.4 Å². The molecule has 192 valence electrons. The summed E-state index contributed by atoms with van der Waals surface area (Å²) in [6, 6.07) is 5.08. The van der Waals surface area contributed by atoms with Crippen molar-refractivity contribution in [2.45, 2.75) is 63.6 Å². The van der Waals surface area contributed by atoms with Gasteiger partial charge < -0.3 is 15.0 Å². The summed E-state index contributed by atoms with van der Waals surface area (Å²) in [6.07, 6.45) is 6.25. The molecule has 1 aromatic carbocycles. The fourth-order valence-electron chi connectivity index (χ4n) is 5.74. The fraction of sp³-hybridized carbons (Fsp3) is 0.593. The zero-order valence-electron chi connectivity index (χ0n) is 21.0. The molecule has 0 spiro atoms. The first-order chi connectivity index (χ1) is 17.3. The van der Waals surface area contributed by atoms with Crippen LogP contribution in [0.3, 0.4) is 0 Å². The van der Waals surface area contributed by atoms with Crippen molar-refractivity contribution in [3.8, 4) is 17.1 Å². The number of aromatic amines is 1. The Bertz CT molecular complexity index is 1250. The monoisotopic (exact) mass is 496 g/mol. The second kappa shape index (κ2) is 8.94. The van der Waals surface area contributed by atoms with Gasteiger partial charge in [-0.05, 0) is 76.4 Å². The van der Waals surface area contributed by atoms with Crippen LogP contribution in [0.25, 0.3) is 22.3 Å². The lowest BCUT2D eigenvalue weighted by Gasteiger charge is -2.41. The summed E-state index contributed by atoms with van der Waals surface area (Å²) in [6.45, 7) is 7.44. The van der Waals surface area contributed by atoms with Gasteiger partial charge in [0, 0.05) is 30.6 Å². The number of alkyl halides is 1. The quantitative estimate of drug-likeness (QED) is 0.498. The minimum Gasteiger partial charge on any atom is -0.484 e. The normalized spacial score (nSPS) is 25.2. The summed E-state index contributed by atoms with van der Waals surface area (Å²) >= 11 is 0. The van der Waals surface area contributed by atoms with Crippen molar-refractivity contribution in [1.82, 2.24) is 25.5 Å². The number of H-pyrrole nitrogens is 1. The Balaban J connectivity index is 1.20. The molecule has 2 aliphatic heterocycles. The Morgan fingerprint density at radius 3 is 2.69 bits per heavy atom. The standard InChI is InChI=1S/C27H34F2N6O/c1-17-15-35(10-3-18(17)14-27(29)6-8-30-9-7-27)24-13-22(31-16-32-24)25-19-11-23(36-26(2)4-5-26)20(28)12-21(19)33-34-25/h11-13,16-18,30H,3-10,14-15H2,1-2H3,(H,33,34)/t17-,18?/m0/s1. The minimum atomic E-state index is -1.03. The average Bonchev–Trinajstić information content (AvgIpc) is 3.45. The number of rotatable bonds is 6. The molecule has 4 heterocycles. The van der Waals surface area contributed by atoms with E-state index in [9.17, 15) is 4.39 Å². The van der Waals surface area contributed by atoms with Gasteiger partial charge in [0.1, 0.15) is 23.4 Å². The van der Waals surface area contributed by atoms with Crippen LogP contribution in [0.15, 0.2) is 24.5 Å². The molecule has 0 radical (unpaired) electrons. The van der Waals surface area contributed by atoms with E-state index < -0.39 is 11.5 Å². The van der Waals surface area contributed by atoms with Crippen molar-refractivity contribution < 1.29 is 13.5 Å². The number of nitrogens with one attached hydrogen (secondary N) is 2. The summed E-state index contributed by atoms with van der Waals surface area (Å²) in [5, 5.41) is 11.4. The molecule has 2 saturated heterocycles. The smallest absolute Gasteiger partial charge is 0.167 e. The van der Waals surface area contributed by atoms with Crippen LogP contribution >= 0.6 is 0 Å². The Labute approximate surface area is 210 Å². The number of anilines is 1. The van der Waals surface area contributed by atoms with Crippen molar-refractivity contribution in [2.24, 2.45) is 11.8 Å². The molecule has 3 aliphatic rings. The molecule has 1 aliphatic carbocycles. The Hall–Kier alpha value is -2.81. The maximum Gasteiger partial charge on any atom is 0.167 e. The van der Waals surface area contributed by atoms with Crippen LogP contribution in [-0.2, 0) is 0 Å². The van der Waals surface area contributed by atoms with Crippen LogP contribution in [0.4, 0.5) is 14.6 Å². The van der Waals surface area contributed by atoms with E-state index in [0.717, 1.165) is 56.6 Å². The summed E-state index contributed by atoms with van der Waals surface area (Å²) in [5.41, 5.74) is 0.634. The van der Waals surface area contributed by atoms with E-state index in [2.05, 4.69) is 37.3 Å². The highest BCUT2D eigenvalue weighted by molar-refractivity contribution is 5.93. The molecule has 6 rings (SSSR count). The number of hydrogen-bond acceptors (Lipinski definition) is 6. The molecule has 1 saturated carbocycles. The van der Waals surface area contributed by atoms with Crippen molar-refractivity contribution in [1.29, 1.82) is 0 Å². The van der Waals surface area contributed by atoms with Crippen molar-refractivity contribution in [3.63, 3.8) is 0 Å². The van der Waals surface area contributed by atoms with Crippen molar-refractivity contribution >= 4 is 16.7 Å². The summed E-state index contributed by atoms with van der Waals surface area (Å²) in [5.74, 6) is 1.43. The van der Waals surface area contributed by atoms with Crippen LogP contribution < -0.4 is 15.0 Å². The predicted molar refractivity (Wildman–Crippen MR) is 135 cm³/mol. The van der Waals surface area contributed by atoms with E-state index in [1.54, 1.807) is 12.4 Å². The Morgan fingerprint density at radius 1 is 1.14 bits per heavy atom. The van der Waals surface area contributed by atoms with Gasteiger partial charge in [0.25, 0.3) is 0 Å². The maximum absolute atomic E-state index is 15.3. The lowest BCUT2D eigenvalue weighted by atomic mass is 9.76. The summed E-state index contributed by atoms with van der Waals surface area (Å²) in [7, 11) is 0. The molecular weight excluding hydrogens is 462 g/mol. The van der Waals surface area contributed by atoms with Crippen molar-refractivity contribution in [3.05, 3.63) is 30.3 Å². The molecule has 3 aromatic rings. The van der Waals surface area contributed by atoms with Crippen LogP contribution in [0, 0.1) is 17.7 Å². The first-order valence-corrected chi connectivity index (χ1v) is 13.1. The third-order valence-corrected chi connectivity index (χ3v) is 8.36. The zero-order chi connectivity index (χ0) is 24.9. The third kappa shape index (κ3) is 4.65. The van der Waals surface area contributed by atoms with Gasteiger partial charge in [0.15, 0.2) is 11.6 Å². The molecule has 0 amide bonds. The van der Waals surface area contributed by atoms with Gasteiger partial charge in [-0.25, -0.2) is 18.7 Å². The van der Waals surface area contributed by atoms with Gasteiger partial charge in [-0.3, -0.25) is 5.10 Å². The van der Waals surface area contributed by atoms with Crippen molar-refractivity contribution in [2.75, 3.05) is 31.1 Å². The maximum atomic E-state index is 15.3. The van der Waals surface area contributed by atoms with Gasteiger partial charge in [0.05, 0.1) is 16.9 Å². The van der Waals surface area contributed by atoms with Gasteiger partial charge >= 0.3 is 0 Å². The fourth-order valence-corrected chi connectivity index (χ4v) is 5.74. The third-order valence-electron chi connectivity index (χ3n) is 8.36. The van der Waals surface area contributed by atoms with Gasteiger partial charge in [-0.15, -0.1) is 0 Å². The van der Waals surface area contributed by atoms with E-state index in [1.807, 2.05) is 13.0 Å². The molecule has 2 aromatic heterocycles. The highest BCUT2D eigenvalue weighted by Crippen LogP contribution is 2.42. The molecule has 9 heteroatoms. The highest BCUT2D eigenvalue weighted by Gasteiger charge is 2.41.